The van der Waals surface area contributed by atoms with Crippen LogP contribution in [0.4, 0.5) is 0 Å². The molecule has 644 valence electrons. The largest absolute Gasteiger partial charge is 2.00 e. The van der Waals surface area contributed by atoms with E-state index in [4.69, 9.17) is 29.9 Å². The van der Waals surface area contributed by atoms with Gasteiger partial charge < -0.3 is 19.9 Å². The molecular formula is C118H113IN10Zn. The maximum atomic E-state index is 9.94. The van der Waals surface area contributed by atoms with E-state index >= 15 is 0 Å². The van der Waals surface area contributed by atoms with Crippen molar-refractivity contribution in [1.29, 1.82) is 10.5 Å². The molecule has 130 heavy (non-hydrogen) atoms. The molecule has 0 saturated heterocycles. The van der Waals surface area contributed by atoms with Gasteiger partial charge in [-0.25, -0.2) is 19.9 Å². The predicted octanol–water partition coefficient (Wildman–Crippen LogP) is 30.7. The second-order valence-corrected chi connectivity index (χ2v) is 44.6. The van der Waals surface area contributed by atoms with Gasteiger partial charge in [-0.15, -0.1) is 22.1 Å². The number of nitrogens with zero attached hydrogens (tertiary/aromatic N) is 8. The third kappa shape index (κ3) is 18.1. The van der Waals surface area contributed by atoms with Gasteiger partial charge in [-0.2, -0.15) is 10.5 Å². The first-order chi connectivity index (χ1) is 60.7. The number of nitriles is 2. The molecule has 16 bridgehead atoms. The van der Waals surface area contributed by atoms with Crippen LogP contribution in [-0.2, 0) is 62.8 Å². The van der Waals surface area contributed by atoms with Gasteiger partial charge in [0.15, 0.2) is 0 Å². The standard InChI is InChI=1S/C118H113IN10.Zn/c1-111(2,3)78-54-73(55-79(62-78)112(4,5)6)105-91-41-37-87(122-91)103(70-30-27-68(28-31-70)25-26-69-29-32-72(66-120)77(53-69)67-121)88-38-42-92(123-88)106(74-56-80(113(7,8)9)63-81(57-74)114(10,11)12)96-46-50-100(127-96)109(99-49-45-95(105)126-99)110-101-51-47-97(128-101)107(75-58-82(115(13,14)15)64-83(59-75)116(16,17)18)93-43-39-89(124-93)104(71-33-35-86(119)36-34-71)90-40-44-94(125-90)108(98-48-52-102(110)129-98)76-60-84(117(19,20)21)65-85(61-76)118(22,23)24;/h27-65,122,127H,1-24H3;/q-2;+2. The third-order valence-electron chi connectivity index (χ3n) is 25.3. The van der Waals surface area contributed by atoms with Crippen molar-refractivity contribution in [2.75, 3.05) is 0 Å². The number of rotatable bonds is 7. The second kappa shape index (κ2) is 33.5. The molecule has 7 aromatic carbocycles. The number of aromatic amines is 2. The van der Waals surface area contributed by atoms with E-state index in [1.165, 1.54) is 44.5 Å². The van der Waals surface area contributed by atoms with Crippen molar-refractivity contribution in [3.63, 3.8) is 0 Å². The molecule has 4 aliphatic heterocycles. The van der Waals surface area contributed by atoms with E-state index in [0.29, 0.717) is 28.0 Å². The number of hydrogen-bond donors (Lipinski definition) is 2. The van der Waals surface area contributed by atoms with Gasteiger partial charge in [-0.05, 0) is 281 Å². The quantitative estimate of drug-likeness (QED) is 0.0906. The molecule has 0 radical (unpaired) electrons. The number of hydrogen-bond acceptors (Lipinski definition) is 6. The smallest absolute Gasteiger partial charge is 0.657 e. The molecule has 2 N–H and O–H groups in total. The SMILES string of the molecule is CC(C)(C)c1cc(-c2c3nc(c(-c4c5nc(c(-c6cc(C(C)(C)C)cc(C(C)(C)C)c6)c6ccc([nH]6)c(-c6ccc(C#Cc7ccc(C#N)c(C#N)c7)cc6)c6nc(c(-c7cc(C(C)(C)C)cc(C(C)(C)C)c7)c7ccc4[nH]7)C=C6)C=C5)c4ccc([n-]4)c(-c4cc(C(C)(C)C)cc(C(C)(C)C)c4)c4nc(c(-c5ccc(I)cc5)c5ccc2[n-]5)C=C4)C=C3)cc(C(C)(C)C)c1.[Zn+2]. The van der Waals surface area contributed by atoms with Crippen molar-refractivity contribution in [1.82, 2.24) is 39.9 Å². The molecule has 17 rings (SSSR count). The van der Waals surface area contributed by atoms with Crippen molar-refractivity contribution in [2.24, 2.45) is 0 Å². The zero-order valence-electron chi connectivity index (χ0n) is 79.7. The Balaban J connectivity index is 0.0000124. The molecule has 4 aliphatic rings. The topological polar surface area (TPSA) is 159 Å². The summed E-state index contributed by atoms with van der Waals surface area (Å²) in [7, 11) is 0. The summed E-state index contributed by atoms with van der Waals surface area (Å²) in [6.07, 6.45) is 17.5. The van der Waals surface area contributed by atoms with Crippen LogP contribution in [0.15, 0.2) is 188 Å². The summed E-state index contributed by atoms with van der Waals surface area (Å²) in [5, 5.41) is 19.7. The molecule has 0 fully saturated rings. The summed E-state index contributed by atoms with van der Waals surface area (Å²) in [5.41, 5.74) is 35.3. The van der Waals surface area contributed by atoms with Crippen LogP contribution >= 0.6 is 22.6 Å². The van der Waals surface area contributed by atoms with E-state index in [2.05, 4.69) is 429 Å². The maximum Gasteiger partial charge on any atom is 2.00 e. The van der Waals surface area contributed by atoms with Crippen LogP contribution < -0.4 is 9.97 Å². The number of fused-ring (bicyclic) bond motifs is 16. The second-order valence-electron chi connectivity index (χ2n) is 43.4. The minimum Gasteiger partial charge on any atom is -0.657 e. The normalized spacial score (nSPS) is 13.0. The molecule has 0 aliphatic carbocycles. The van der Waals surface area contributed by atoms with Crippen molar-refractivity contribution < 1.29 is 19.5 Å². The van der Waals surface area contributed by atoms with Gasteiger partial charge >= 0.3 is 19.5 Å². The Bertz CT molecular complexity index is 7200. The molecule has 10 heterocycles. The Labute approximate surface area is 794 Å². The van der Waals surface area contributed by atoms with Crippen molar-refractivity contribution in [3.05, 3.63) is 304 Å². The van der Waals surface area contributed by atoms with Crippen LogP contribution in [0, 0.1) is 38.1 Å². The first kappa shape index (κ1) is 91.0. The summed E-state index contributed by atoms with van der Waals surface area (Å²) < 4.78 is 1.13. The molecular weight excluding hydrogens is 1750 g/mol. The van der Waals surface area contributed by atoms with Gasteiger partial charge in [0.25, 0.3) is 0 Å². The van der Waals surface area contributed by atoms with Crippen LogP contribution in [0.3, 0.4) is 0 Å². The predicted molar refractivity (Wildman–Crippen MR) is 551 cm³/mol. The van der Waals surface area contributed by atoms with Gasteiger partial charge in [0.2, 0.25) is 0 Å². The van der Waals surface area contributed by atoms with Crippen LogP contribution in [0.5, 0.6) is 0 Å². The minimum atomic E-state index is -0.239. The Morgan fingerprint density at radius 1 is 0.246 bits per heavy atom. The molecule has 6 aromatic heterocycles. The van der Waals surface area contributed by atoms with Crippen LogP contribution in [-0.4, -0.2) is 29.9 Å². The zero-order chi connectivity index (χ0) is 91.9. The fraction of sp³-hybridized carbons (Fsp3) is 0.271. The van der Waals surface area contributed by atoms with Crippen LogP contribution in [0.2, 0.25) is 0 Å². The van der Waals surface area contributed by atoms with Gasteiger partial charge in [0, 0.05) is 59.0 Å². The molecule has 10 nitrogen and oxygen atoms in total. The fourth-order valence-corrected chi connectivity index (χ4v) is 17.8. The molecule has 12 heteroatoms. The maximum absolute atomic E-state index is 9.94. The molecule has 0 spiro atoms. The van der Waals surface area contributed by atoms with E-state index in [9.17, 15) is 10.5 Å². The fourth-order valence-electron chi connectivity index (χ4n) is 17.5. The summed E-state index contributed by atoms with van der Waals surface area (Å²) in [6, 6.07) is 72.6. The van der Waals surface area contributed by atoms with Crippen LogP contribution in [0.25, 0.3) is 171 Å². The summed E-state index contributed by atoms with van der Waals surface area (Å²) in [4.78, 5) is 44.5. The van der Waals surface area contributed by atoms with E-state index in [1.54, 1.807) is 18.2 Å². The van der Waals surface area contributed by atoms with Gasteiger partial charge in [-0.1, -0.05) is 299 Å². The van der Waals surface area contributed by atoms with Gasteiger partial charge in [-0.3, -0.25) is 0 Å². The van der Waals surface area contributed by atoms with Gasteiger partial charge in [0.05, 0.1) is 56.7 Å². The minimum absolute atomic E-state index is 0. The van der Waals surface area contributed by atoms with E-state index in [1.807, 2.05) is 12.1 Å². The molecule has 0 amide bonds. The summed E-state index contributed by atoms with van der Waals surface area (Å²) in [6.45, 7) is 55.1. The van der Waals surface area contributed by atoms with E-state index in [-0.39, 0.29) is 68.4 Å². The number of halogens is 1. The Kier molecular flexibility index (Phi) is 23.5. The Morgan fingerprint density at radius 3 is 0.800 bits per heavy atom. The average Bonchev–Trinajstić information content (AvgIpc) is 1.57. The molecule has 0 saturated carbocycles. The summed E-state index contributed by atoms with van der Waals surface area (Å²) >= 11 is 2.40. The number of benzene rings is 7. The monoisotopic (exact) mass is 1860 g/mol. The van der Waals surface area contributed by atoms with Crippen LogP contribution in [0.1, 0.15) is 278 Å². The Hall–Kier alpha value is -12.4. The molecule has 13 aromatic rings. The molecule has 0 unspecified atom stereocenters. The number of nitrogens with one attached hydrogen (secondary N) is 2. The number of H-pyrrole nitrogens is 2. The third-order valence-corrected chi connectivity index (χ3v) is 26.1. The summed E-state index contributed by atoms with van der Waals surface area (Å²) in [5.74, 6) is 6.62. The van der Waals surface area contributed by atoms with Crippen molar-refractivity contribution >= 4 is 115 Å². The van der Waals surface area contributed by atoms with Crippen molar-refractivity contribution in [2.45, 2.75) is 209 Å². The first-order valence-electron chi connectivity index (χ1n) is 44.9. The van der Waals surface area contributed by atoms with E-state index < -0.39 is 0 Å². The van der Waals surface area contributed by atoms with Crippen molar-refractivity contribution in [3.8, 4) is 102 Å². The average molecular weight is 1860 g/mol. The Morgan fingerprint density at radius 2 is 0.485 bits per heavy atom. The number of aromatic nitrogens is 8. The zero-order valence-corrected chi connectivity index (χ0v) is 84.8. The first-order valence-corrected chi connectivity index (χ1v) is 46.0. The molecule has 0 atom stereocenters. The van der Waals surface area contributed by atoms with E-state index in [0.717, 1.165) is 160 Å². The van der Waals surface area contributed by atoms with Gasteiger partial charge in [0.1, 0.15) is 12.1 Å².